The van der Waals surface area contributed by atoms with Gasteiger partial charge in [0.1, 0.15) is 12.0 Å². The van der Waals surface area contributed by atoms with E-state index in [4.69, 9.17) is 4.42 Å². The largest absolute Gasteiger partial charge is 0.442 e. The van der Waals surface area contributed by atoms with E-state index in [1.54, 1.807) is 12.4 Å². The van der Waals surface area contributed by atoms with Crippen LogP contribution in [0.1, 0.15) is 48.4 Å². The van der Waals surface area contributed by atoms with Crippen molar-refractivity contribution in [1.29, 1.82) is 0 Å². The molecule has 0 aliphatic carbocycles. The van der Waals surface area contributed by atoms with Crippen molar-refractivity contribution in [2.24, 2.45) is 0 Å². The molecule has 0 radical (unpaired) electrons. The standard InChI is InChI=1S/C21H22N2O2/c24-20(13-7-2-1-4-9-17-10-5-3-6-11-17)21-23-19(16-25-21)18-12-8-14-22-15-18/h3,5-6,8,10-12,14-16H,1-2,4,7,9,13H2. The van der Waals surface area contributed by atoms with Crippen LogP contribution in [0.4, 0.5) is 0 Å². The predicted molar refractivity (Wildman–Crippen MR) is 97.3 cm³/mol. The number of unbranched alkanes of at least 4 members (excludes halogenated alkanes) is 3. The number of carbonyl (C=O) groups is 1. The number of Topliss-reactive ketones (excluding diaryl/α,β-unsaturated/α-hetero) is 1. The third-order valence-corrected chi connectivity index (χ3v) is 4.16. The van der Waals surface area contributed by atoms with Gasteiger partial charge >= 0.3 is 0 Å². The molecule has 0 saturated carbocycles. The lowest BCUT2D eigenvalue weighted by Gasteiger charge is -2.01. The topological polar surface area (TPSA) is 56.0 Å². The molecule has 0 spiro atoms. The van der Waals surface area contributed by atoms with Crippen LogP contribution in [0.3, 0.4) is 0 Å². The Hall–Kier alpha value is -2.75. The molecule has 0 amide bonds. The van der Waals surface area contributed by atoms with Gasteiger partial charge < -0.3 is 4.42 Å². The lowest BCUT2D eigenvalue weighted by Crippen LogP contribution is -1.99. The van der Waals surface area contributed by atoms with Gasteiger partial charge in [-0.15, -0.1) is 0 Å². The van der Waals surface area contributed by atoms with E-state index in [2.05, 4.69) is 34.2 Å². The number of carbonyl (C=O) groups excluding carboxylic acids is 1. The lowest BCUT2D eigenvalue weighted by atomic mass is 10.0. The highest BCUT2D eigenvalue weighted by Gasteiger charge is 2.13. The van der Waals surface area contributed by atoms with Crippen molar-refractivity contribution >= 4 is 5.78 Å². The summed E-state index contributed by atoms with van der Waals surface area (Å²) in [6.45, 7) is 0. The van der Waals surface area contributed by atoms with Gasteiger partial charge in [-0.2, -0.15) is 0 Å². The van der Waals surface area contributed by atoms with Gasteiger partial charge in [-0.3, -0.25) is 9.78 Å². The molecule has 4 heteroatoms. The van der Waals surface area contributed by atoms with Gasteiger partial charge in [0.25, 0.3) is 5.89 Å². The van der Waals surface area contributed by atoms with Gasteiger partial charge in [0.05, 0.1) is 0 Å². The van der Waals surface area contributed by atoms with Crippen molar-refractivity contribution in [3.05, 3.63) is 72.6 Å². The molecule has 128 valence electrons. The summed E-state index contributed by atoms with van der Waals surface area (Å²) >= 11 is 0. The van der Waals surface area contributed by atoms with E-state index < -0.39 is 0 Å². The number of aromatic nitrogens is 2. The number of aryl methyl sites for hydroxylation is 1. The van der Waals surface area contributed by atoms with E-state index >= 15 is 0 Å². The number of oxazole rings is 1. The third-order valence-electron chi connectivity index (χ3n) is 4.16. The van der Waals surface area contributed by atoms with Gasteiger partial charge in [0, 0.05) is 24.4 Å². The van der Waals surface area contributed by atoms with E-state index in [-0.39, 0.29) is 11.7 Å². The first-order valence-corrected chi connectivity index (χ1v) is 8.76. The van der Waals surface area contributed by atoms with Crippen LogP contribution in [0.2, 0.25) is 0 Å². The first-order chi connectivity index (χ1) is 12.3. The molecule has 0 fully saturated rings. The second-order valence-corrected chi connectivity index (χ2v) is 6.10. The fraction of sp³-hybridized carbons (Fsp3) is 0.286. The fourth-order valence-corrected chi connectivity index (χ4v) is 2.77. The predicted octanol–water partition coefficient (Wildman–Crippen LogP) is 5.11. The Morgan fingerprint density at radius 1 is 0.960 bits per heavy atom. The molecule has 0 saturated heterocycles. The highest BCUT2D eigenvalue weighted by molar-refractivity contribution is 5.92. The number of nitrogens with zero attached hydrogens (tertiary/aromatic N) is 2. The lowest BCUT2D eigenvalue weighted by molar-refractivity contribution is 0.0945. The third kappa shape index (κ3) is 5.11. The molecule has 0 bridgehead atoms. The Labute approximate surface area is 147 Å². The van der Waals surface area contributed by atoms with Crippen LogP contribution >= 0.6 is 0 Å². The summed E-state index contributed by atoms with van der Waals surface area (Å²) in [5, 5.41) is 0. The van der Waals surface area contributed by atoms with E-state index in [0.29, 0.717) is 12.1 Å². The number of pyridine rings is 1. The second-order valence-electron chi connectivity index (χ2n) is 6.10. The Kier molecular flexibility index (Phi) is 6.10. The van der Waals surface area contributed by atoms with Crippen LogP contribution in [0.25, 0.3) is 11.3 Å². The summed E-state index contributed by atoms with van der Waals surface area (Å²) in [5.41, 5.74) is 2.88. The highest BCUT2D eigenvalue weighted by atomic mass is 16.3. The maximum atomic E-state index is 12.2. The molecule has 25 heavy (non-hydrogen) atoms. The Bertz CT molecular complexity index is 782. The average molecular weight is 334 g/mol. The minimum absolute atomic E-state index is 0.0294. The zero-order valence-electron chi connectivity index (χ0n) is 14.2. The average Bonchev–Trinajstić information content (AvgIpc) is 3.16. The molecule has 0 unspecified atom stereocenters. The minimum Gasteiger partial charge on any atom is -0.442 e. The first kappa shape index (κ1) is 17.1. The van der Waals surface area contributed by atoms with Crippen LogP contribution in [-0.4, -0.2) is 15.8 Å². The van der Waals surface area contributed by atoms with E-state index in [1.165, 1.54) is 11.8 Å². The molecule has 4 nitrogen and oxygen atoms in total. The molecule has 0 atom stereocenters. The molecular weight excluding hydrogens is 312 g/mol. The molecule has 0 aliphatic heterocycles. The van der Waals surface area contributed by atoms with Crippen LogP contribution in [0.5, 0.6) is 0 Å². The minimum atomic E-state index is -0.0294. The summed E-state index contributed by atoms with van der Waals surface area (Å²) in [6, 6.07) is 14.2. The van der Waals surface area contributed by atoms with Crippen LogP contribution in [0.15, 0.2) is 65.5 Å². The van der Waals surface area contributed by atoms with Crippen molar-refractivity contribution in [3.8, 4) is 11.3 Å². The number of benzene rings is 1. The summed E-state index contributed by atoms with van der Waals surface area (Å²) in [7, 11) is 0. The van der Waals surface area contributed by atoms with Crippen molar-refractivity contribution in [1.82, 2.24) is 9.97 Å². The van der Waals surface area contributed by atoms with E-state index in [0.717, 1.165) is 37.7 Å². The van der Waals surface area contributed by atoms with Crippen molar-refractivity contribution in [3.63, 3.8) is 0 Å². The number of hydrogen-bond donors (Lipinski definition) is 0. The quantitative estimate of drug-likeness (QED) is 0.403. The van der Waals surface area contributed by atoms with Crippen molar-refractivity contribution in [2.45, 2.75) is 38.5 Å². The zero-order valence-corrected chi connectivity index (χ0v) is 14.2. The first-order valence-electron chi connectivity index (χ1n) is 8.76. The van der Waals surface area contributed by atoms with Crippen molar-refractivity contribution in [2.75, 3.05) is 0 Å². The molecule has 2 aromatic heterocycles. The smallest absolute Gasteiger partial charge is 0.263 e. The zero-order chi connectivity index (χ0) is 17.3. The Balaban J connectivity index is 1.37. The Morgan fingerprint density at radius 2 is 1.80 bits per heavy atom. The second kappa shape index (κ2) is 8.92. The Morgan fingerprint density at radius 3 is 2.60 bits per heavy atom. The summed E-state index contributed by atoms with van der Waals surface area (Å²) in [6.07, 6.45) is 10.7. The number of hydrogen-bond acceptors (Lipinski definition) is 4. The molecular formula is C21H22N2O2. The monoisotopic (exact) mass is 334 g/mol. The van der Waals surface area contributed by atoms with Crippen LogP contribution < -0.4 is 0 Å². The molecule has 1 aromatic carbocycles. The van der Waals surface area contributed by atoms with E-state index in [1.807, 2.05) is 18.2 Å². The summed E-state index contributed by atoms with van der Waals surface area (Å²) in [4.78, 5) is 20.5. The fourth-order valence-electron chi connectivity index (χ4n) is 2.77. The molecule has 0 aliphatic rings. The normalized spacial score (nSPS) is 10.7. The van der Waals surface area contributed by atoms with Gasteiger partial charge in [0.15, 0.2) is 0 Å². The maximum absolute atomic E-state index is 12.2. The van der Waals surface area contributed by atoms with Gasteiger partial charge in [0.2, 0.25) is 5.78 Å². The molecule has 0 N–H and O–H groups in total. The van der Waals surface area contributed by atoms with Gasteiger partial charge in [-0.1, -0.05) is 43.2 Å². The summed E-state index contributed by atoms with van der Waals surface area (Å²) < 4.78 is 5.33. The van der Waals surface area contributed by atoms with Gasteiger partial charge in [-0.25, -0.2) is 4.98 Å². The van der Waals surface area contributed by atoms with Crippen molar-refractivity contribution < 1.29 is 9.21 Å². The SMILES string of the molecule is O=C(CCCCCCc1ccccc1)c1nc(-c2cccnc2)co1. The molecule has 3 rings (SSSR count). The van der Waals surface area contributed by atoms with E-state index in [9.17, 15) is 4.79 Å². The number of ketones is 1. The molecule has 3 aromatic rings. The maximum Gasteiger partial charge on any atom is 0.263 e. The number of rotatable bonds is 9. The van der Waals surface area contributed by atoms with Gasteiger partial charge in [-0.05, 0) is 37.0 Å². The van der Waals surface area contributed by atoms with Crippen LogP contribution in [-0.2, 0) is 6.42 Å². The highest BCUT2D eigenvalue weighted by Crippen LogP contribution is 2.18. The van der Waals surface area contributed by atoms with Crippen LogP contribution in [0, 0.1) is 0 Å². The molecule has 2 heterocycles. The summed E-state index contributed by atoms with van der Waals surface area (Å²) in [5.74, 6) is 0.168.